The highest BCUT2D eigenvalue weighted by atomic mass is 35.5. The van der Waals surface area contributed by atoms with Gasteiger partial charge in [0, 0.05) is 34.4 Å². The van der Waals surface area contributed by atoms with Crippen molar-refractivity contribution >= 4 is 29.3 Å². The predicted molar refractivity (Wildman–Crippen MR) is 120 cm³/mol. The zero-order valence-corrected chi connectivity index (χ0v) is 19.5. The van der Waals surface area contributed by atoms with E-state index in [0.29, 0.717) is 34.0 Å². The quantitative estimate of drug-likeness (QED) is 0.432. The summed E-state index contributed by atoms with van der Waals surface area (Å²) in [6.45, 7) is 9.85. The summed E-state index contributed by atoms with van der Waals surface area (Å²) in [4.78, 5) is 41.1. The number of nitrogens with zero attached hydrogens (tertiary/aromatic N) is 2. The number of ether oxygens (including phenoxy) is 1. The Balaban J connectivity index is 1.98. The molecule has 3 rings (SSSR count). The van der Waals surface area contributed by atoms with Gasteiger partial charge >= 0.3 is 5.97 Å². The Hall–Kier alpha value is -2.60. The number of hydrogen-bond acceptors (Lipinski definition) is 4. The first-order chi connectivity index (χ1) is 14.7. The van der Waals surface area contributed by atoms with E-state index >= 15 is 0 Å². The predicted octanol–water partition coefficient (Wildman–Crippen LogP) is 4.83. The molecule has 2 aromatic rings. The Bertz CT molecular complexity index is 1010. The van der Waals surface area contributed by atoms with Gasteiger partial charge in [-0.05, 0) is 77.3 Å². The number of rotatable bonds is 8. The lowest BCUT2D eigenvalue weighted by Crippen LogP contribution is -2.45. The monoisotopic (exact) mass is 444 g/mol. The highest BCUT2D eigenvalue weighted by molar-refractivity contribution is 6.30. The minimum atomic E-state index is -0.657. The zero-order valence-electron chi connectivity index (χ0n) is 18.7. The SMILES string of the molecule is CCOC(=O)c1c(C)c(C(=O)[C@H](C)N(C(=O)c2ccc(Cl)cc2)C2CC2)c(C)n1CC. The second-order valence-corrected chi connectivity index (χ2v) is 8.33. The van der Waals surface area contributed by atoms with Crippen LogP contribution in [0.25, 0.3) is 0 Å². The lowest BCUT2D eigenvalue weighted by molar-refractivity contribution is 0.0512. The van der Waals surface area contributed by atoms with E-state index in [0.717, 1.165) is 18.5 Å². The van der Waals surface area contributed by atoms with Crippen molar-refractivity contribution in [3.8, 4) is 0 Å². The van der Waals surface area contributed by atoms with E-state index in [1.54, 1.807) is 49.9 Å². The van der Waals surface area contributed by atoms with Crippen LogP contribution in [0.1, 0.15) is 76.1 Å². The van der Waals surface area contributed by atoms with Crippen LogP contribution in [0.2, 0.25) is 5.02 Å². The minimum Gasteiger partial charge on any atom is -0.461 e. The smallest absolute Gasteiger partial charge is 0.355 e. The molecule has 0 N–H and O–H groups in total. The molecule has 31 heavy (non-hydrogen) atoms. The average Bonchev–Trinajstić information content (AvgIpc) is 3.53. The largest absolute Gasteiger partial charge is 0.461 e. The number of esters is 1. The molecule has 1 amide bonds. The van der Waals surface area contributed by atoms with Crippen molar-refractivity contribution < 1.29 is 19.1 Å². The van der Waals surface area contributed by atoms with Crippen LogP contribution in [0.5, 0.6) is 0 Å². The van der Waals surface area contributed by atoms with Crippen LogP contribution in [0.4, 0.5) is 0 Å². The molecule has 0 bridgehead atoms. The number of carbonyl (C=O) groups is 3. The molecule has 1 aromatic heterocycles. The third kappa shape index (κ3) is 4.40. The van der Waals surface area contributed by atoms with Gasteiger partial charge in [-0.3, -0.25) is 9.59 Å². The van der Waals surface area contributed by atoms with Crippen LogP contribution in [0.15, 0.2) is 24.3 Å². The molecule has 166 valence electrons. The number of halogens is 1. The van der Waals surface area contributed by atoms with E-state index in [-0.39, 0.29) is 24.3 Å². The summed E-state index contributed by atoms with van der Waals surface area (Å²) in [5.74, 6) is -0.786. The Morgan fingerprint density at radius 3 is 2.29 bits per heavy atom. The number of benzene rings is 1. The van der Waals surface area contributed by atoms with Gasteiger partial charge in [0.1, 0.15) is 5.69 Å². The van der Waals surface area contributed by atoms with Crippen molar-refractivity contribution in [1.29, 1.82) is 0 Å². The number of ketones is 1. The van der Waals surface area contributed by atoms with Gasteiger partial charge in [0.15, 0.2) is 5.78 Å². The third-order valence-electron chi connectivity index (χ3n) is 5.86. The molecule has 1 aliphatic carbocycles. The van der Waals surface area contributed by atoms with Gasteiger partial charge in [-0.1, -0.05) is 11.6 Å². The van der Waals surface area contributed by atoms with Crippen LogP contribution in [-0.4, -0.2) is 45.8 Å². The fraction of sp³-hybridized carbons (Fsp3) is 0.458. The fourth-order valence-corrected chi connectivity index (χ4v) is 4.33. The Morgan fingerprint density at radius 2 is 1.77 bits per heavy atom. The number of aromatic nitrogens is 1. The summed E-state index contributed by atoms with van der Waals surface area (Å²) in [5, 5.41) is 0.553. The van der Waals surface area contributed by atoms with Crippen molar-refractivity contribution in [2.45, 2.75) is 66.1 Å². The molecule has 1 aromatic carbocycles. The van der Waals surface area contributed by atoms with E-state index in [2.05, 4.69) is 0 Å². The van der Waals surface area contributed by atoms with Crippen molar-refractivity contribution in [3.63, 3.8) is 0 Å². The summed E-state index contributed by atoms with van der Waals surface area (Å²) in [6.07, 6.45) is 1.75. The average molecular weight is 445 g/mol. The summed E-state index contributed by atoms with van der Waals surface area (Å²) >= 11 is 5.96. The zero-order chi connectivity index (χ0) is 22.9. The molecule has 0 radical (unpaired) electrons. The van der Waals surface area contributed by atoms with E-state index in [9.17, 15) is 14.4 Å². The molecule has 0 aliphatic heterocycles. The molecular formula is C24H29ClN2O4. The van der Waals surface area contributed by atoms with Gasteiger partial charge < -0.3 is 14.2 Å². The van der Waals surface area contributed by atoms with Gasteiger partial charge in [0.2, 0.25) is 0 Å². The summed E-state index contributed by atoms with van der Waals surface area (Å²) < 4.78 is 7.03. The molecule has 0 saturated heterocycles. The first-order valence-electron chi connectivity index (χ1n) is 10.7. The van der Waals surface area contributed by atoms with Crippen molar-refractivity contribution in [1.82, 2.24) is 9.47 Å². The van der Waals surface area contributed by atoms with Crippen LogP contribution in [0, 0.1) is 13.8 Å². The first kappa shape index (κ1) is 23.1. The van der Waals surface area contributed by atoms with Crippen molar-refractivity contribution in [3.05, 3.63) is 57.4 Å². The molecule has 0 unspecified atom stereocenters. The number of Topliss-reactive ketones (excluding diaryl/α,β-unsaturated/α-hetero) is 1. The summed E-state index contributed by atoms with van der Waals surface area (Å²) in [5.41, 5.74) is 2.72. The van der Waals surface area contributed by atoms with Crippen LogP contribution in [-0.2, 0) is 11.3 Å². The highest BCUT2D eigenvalue weighted by Gasteiger charge is 2.40. The van der Waals surface area contributed by atoms with E-state index in [1.807, 2.05) is 18.4 Å². The minimum absolute atomic E-state index is 0.0422. The second-order valence-electron chi connectivity index (χ2n) is 7.89. The van der Waals surface area contributed by atoms with E-state index in [1.165, 1.54) is 0 Å². The maximum absolute atomic E-state index is 13.6. The molecule has 1 fully saturated rings. The van der Waals surface area contributed by atoms with Gasteiger partial charge in [-0.15, -0.1) is 0 Å². The highest BCUT2D eigenvalue weighted by Crippen LogP contribution is 2.33. The standard InChI is InChI=1S/C24H29ClN2O4/c1-6-26-15(4)20(14(3)21(26)24(30)31-7-2)22(28)16(5)27(19-12-13-19)23(29)17-8-10-18(25)11-9-17/h8-11,16,19H,6-7,12-13H2,1-5H3/t16-/m0/s1. The maximum atomic E-state index is 13.6. The molecular weight excluding hydrogens is 416 g/mol. The molecule has 1 heterocycles. The Labute approximate surface area is 188 Å². The summed E-state index contributed by atoms with van der Waals surface area (Å²) in [6, 6.07) is 6.10. The van der Waals surface area contributed by atoms with Gasteiger partial charge in [0.25, 0.3) is 5.91 Å². The first-order valence-corrected chi connectivity index (χ1v) is 11.1. The van der Waals surface area contributed by atoms with E-state index in [4.69, 9.17) is 16.3 Å². The maximum Gasteiger partial charge on any atom is 0.355 e. The Kier molecular flexibility index (Phi) is 6.90. The Morgan fingerprint density at radius 1 is 1.16 bits per heavy atom. The van der Waals surface area contributed by atoms with Crippen molar-refractivity contribution in [2.75, 3.05) is 6.61 Å². The molecule has 0 spiro atoms. The number of hydrogen-bond donors (Lipinski definition) is 0. The van der Waals surface area contributed by atoms with Gasteiger partial charge in [0.05, 0.1) is 12.6 Å². The lowest BCUT2D eigenvalue weighted by atomic mass is 9.99. The normalized spacial score (nSPS) is 14.3. The third-order valence-corrected chi connectivity index (χ3v) is 6.11. The summed E-state index contributed by atoms with van der Waals surface area (Å²) in [7, 11) is 0. The molecule has 6 nitrogen and oxygen atoms in total. The molecule has 1 aliphatic rings. The topological polar surface area (TPSA) is 68.6 Å². The molecule has 1 saturated carbocycles. The van der Waals surface area contributed by atoms with Crippen molar-refractivity contribution in [2.24, 2.45) is 0 Å². The van der Waals surface area contributed by atoms with Crippen LogP contribution >= 0.6 is 11.6 Å². The van der Waals surface area contributed by atoms with Crippen LogP contribution in [0.3, 0.4) is 0 Å². The number of amides is 1. The molecule has 7 heteroatoms. The van der Waals surface area contributed by atoms with Crippen LogP contribution < -0.4 is 0 Å². The lowest BCUT2D eigenvalue weighted by Gasteiger charge is -2.29. The second kappa shape index (κ2) is 9.27. The van der Waals surface area contributed by atoms with E-state index < -0.39 is 12.0 Å². The number of carbonyl (C=O) groups excluding carboxylic acids is 3. The van der Waals surface area contributed by atoms with Gasteiger partial charge in [-0.25, -0.2) is 4.79 Å². The molecule has 1 atom stereocenters. The fourth-order valence-electron chi connectivity index (χ4n) is 4.20. The van der Waals surface area contributed by atoms with Gasteiger partial charge in [-0.2, -0.15) is 0 Å².